The van der Waals surface area contributed by atoms with E-state index in [9.17, 15) is 0 Å². The number of hydrazine groups is 1. The van der Waals surface area contributed by atoms with E-state index in [-0.39, 0.29) is 18.2 Å². The fourth-order valence-corrected chi connectivity index (χ4v) is 9.09. The number of nitrogens with two attached hydrogens (primary N) is 2. The van der Waals surface area contributed by atoms with Crippen molar-refractivity contribution in [3.63, 3.8) is 0 Å². The Hall–Kier alpha value is -4.51. The van der Waals surface area contributed by atoms with E-state index in [0.717, 1.165) is 85.3 Å². The molecule has 2 unspecified atom stereocenters. The number of pyridine rings is 1. The number of fused-ring (bicyclic) bond motifs is 4. The van der Waals surface area contributed by atoms with Crippen molar-refractivity contribution < 1.29 is 0 Å². The lowest BCUT2D eigenvalue weighted by Gasteiger charge is -2.45. The first kappa shape index (κ1) is 34.6. The van der Waals surface area contributed by atoms with Crippen molar-refractivity contribution in [3.8, 4) is 0 Å². The van der Waals surface area contributed by atoms with E-state index in [4.69, 9.17) is 26.5 Å². The molecule has 0 saturated heterocycles. The summed E-state index contributed by atoms with van der Waals surface area (Å²) < 4.78 is 0. The largest absolute Gasteiger partial charge is 0.349 e. The first-order valence-corrected chi connectivity index (χ1v) is 19.6. The second kappa shape index (κ2) is 15.6. The Balaban J connectivity index is 1.06. The number of H-pyrrole nitrogens is 2. The lowest BCUT2D eigenvalue weighted by molar-refractivity contribution is 0.145. The Morgan fingerprint density at radius 3 is 2.37 bits per heavy atom. The van der Waals surface area contributed by atoms with Gasteiger partial charge in [-0.25, -0.2) is 15.8 Å². The minimum absolute atomic E-state index is 0.203. The molecular weight excluding hydrogens is 645 g/mol. The SMILES string of the molecule is CCCCC1CCCC2=C(N(Cc3nc4ccccc4[nH]3)C(N)CCCN(Cc3nc4ccccc4[nH]3)[C@@H]3CCCc4cccnc43)C=CN(N)[C@H]21. The van der Waals surface area contributed by atoms with Crippen molar-refractivity contribution in [1.29, 1.82) is 0 Å². The second-order valence-electron chi connectivity index (χ2n) is 15.1. The summed E-state index contributed by atoms with van der Waals surface area (Å²) in [4.78, 5) is 27.1. The van der Waals surface area contributed by atoms with Crippen LogP contribution in [-0.4, -0.2) is 58.5 Å². The summed E-state index contributed by atoms with van der Waals surface area (Å²) in [7, 11) is 0. The fourth-order valence-electron chi connectivity index (χ4n) is 9.09. The maximum absolute atomic E-state index is 7.33. The quantitative estimate of drug-likeness (QED) is 0.0689. The minimum atomic E-state index is -0.203. The van der Waals surface area contributed by atoms with E-state index in [0.29, 0.717) is 12.5 Å². The minimum Gasteiger partial charge on any atom is -0.349 e. The van der Waals surface area contributed by atoms with Crippen LogP contribution in [0.2, 0.25) is 0 Å². The highest BCUT2D eigenvalue weighted by Gasteiger charge is 2.37. The number of hydrogen-bond acceptors (Lipinski definition) is 8. The van der Waals surface area contributed by atoms with Gasteiger partial charge in [0.15, 0.2) is 0 Å². The van der Waals surface area contributed by atoms with Crippen LogP contribution in [0.4, 0.5) is 0 Å². The fraction of sp³-hybridized carbons (Fsp3) is 0.452. The third kappa shape index (κ3) is 7.24. The van der Waals surface area contributed by atoms with Crippen molar-refractivity contribution in [2.75, 3.05) is 6.54 Å². The average Bonchev–Trinajstić information content (AvgIpc) is 3.79. The summed E-state index contributed by atoms with van der Waals surface area (Å²) in [6, 6.07) is 21.3. The zero-order valence-electron chi connectivity index (χ0n) is 30.6. The molecule has 8 rings (SSSR count). The number of rotatable bonds is 14. The number of aromatic nitrogens is 5. The molecule has 3 aliphatic rings. The maximum atomic E-state index is 7.33. The number of hydrogen-bond donors (Lipinski definition) is 4. The maximum Gasteiger partial charge on any atom is 0.126 e. The summed E-state index contributed by atoms with van der Waals surface area (Å²) >= 11 is 0. The smallest absolute Gasteiger partial charge is 0.126 e. The number of allylic oxidation sites excluding steroid dienone is 1. The van der Waals surface area contributed by atoms with E-state index < -0.39 is 0 Å². The molecule has 1 fully saturated rings. The predicted molar refractivity (Wildman–Crippen MR) is 208 cm³/mol. The standard InChI is InChI=1S/C42H54N10/c1-2-3-12-30-14-8-16-31-36(23-26-52(44)42(30)31)51(28-40-48-34-19-6-7-20-35(34)49-40)38(43)22-11-25-50(27-39-46-32-17-4-5-18-33(32)47-39)37-21-9-13-29-15-10-24-45-41(29)37/h4-7,10,15,17-20,23-24,26,30,37-38,42H,2-3,8-9,11-14,16,21-22,25,27-28,43-44H2,1H3,(H,46,47)(H,48,49)/t30?,37-,38?,42+/m1/s1. The van der Waals surface area contributed by atoms with Gasteiger partial charge in [0, 0.05) is 18.1 Å². The van der Waals surface area contributed by atoms with Gasteiger partial charge in [-0.3, -0.25) is 9.88 Å². The molecule has 52 heavy (non-hydrogen) atoms. The predicted octanol–water partition coefficient (Wildman–Crippen LogP) is 7.60. The molecular formula is C42H54N10. The van der Waals surface area contributed by atoms with Crippen LogP contribution in [-0.2, 0) is 19.5 Å². The number of imidazole rings is 2. The third-order valence-electron chi connectivity index (χ3n) is 11.6. The second-order valence-corrected chi connectivity index (χ2v) is 15.1. The molecule has 0 amide bonds. The van der Waals surface area contributed by atoms with Gasteiger partial charge in [-0.1, -0.05) is 50.1 Å². The topological polar surface area (TPSA) is 132 Å². The van der Waals surface area contributed by atoms with Crippen LogP contribution < -0.4 is 11.6 Å². The highest BCUT2D eigenvalue weighted by atomic mass is 15.4. The van der Waals surface area contributed by atoms with E-state index in [1.807, 2.05) is 23.3 Å². The van der Waals surface area contributed by atoms with Gasteiger partial charge >= 0.3 is 0 Å². The zero-order valence-corrected chi connectivity index (χ0v) is 30.6. The molecule has 5 aromatic rings. The van der Waals surface area contributed by atoms with Crippen LogP contribution in [0.15, 0.2) is 90.4 Å². The van der Waals surface area contributed by atoms with Crippen LogP contribution in [0.3, 0.4) is 0 Å². The number of nitrogens with zero attached hydrogens (tertiary/aromatic N) is 6. The molecule has 1 saturated carbocycles. The van der Waals surface area contributed by atoms with Crippen molar-refractivity contribution in [2.24, 2.45) is 17.5 Å². The molecule has 4 atom stereocenters. The Labute approximate surface area is 307 Å². The molecule has 6 N–H and O–H groups in total. The van der Waals surface area contributed by atoms with E-state index >= 15 is 0 Å². The summed E-state index contributed by atoms with van der Waals surface area (Å²) in [5.74, 6) is 9.20. The van der Waals surface area contributed by atoms with Gasteiger partial charge in [-0.2, -0.15) is 0 Å². The van der Waals surface area contributed by atoms with E-state index in [2.05, 4.69) is 87.5 Å². The van der Waals surface area contributed by atoms with Gasteiger partial charge in [0.1, 0.15) is 11.6 Å². The van der Waals surface area contributed by atoms with Gasteiger partial charge in [-0.05, 0) is 118 Å². The Morgan fingerprint density at radius 1 is 0.885 bits per heavy atom. The first-order valence-electron chi connectivity index (χ1n) is 19.6. The van der Waals surface area contributed by atoms with Crippen molar-refractivity contribution in [2.45, 2.75) is 109 Å². The average molecular weight is 699 g/mol. The normalized spacial score (nSPS) is 20.8. The molecule has 10 heteroatoms. The first-order chi connectivity index (χ1) is 25.6. The van der Waals surface area contributed by atoms with Crippen molar-refractivity contribution in [3.05, 3.63) is 113 Å². The van der Waals surface area contributed by atoms with Crippen LogP contribution in [0.1, 0.15) is 100 Å². The van der Waals surface area contributed by atoms with Gasteiger partial charge in [0.25, 0.3) is 0 Å². The highest BCUT2D eigenvalue weighted by Crippen LogP contribution is 2.40. The molecule has 3 aromatic heterocycles. The van der Waals surface area contributed by atoms with E-state index in [1.165, 1.54) is 54.6 Å². The number of nitrogens with one attached hydrogen (secondary N) is 2. The van der Waals surface area contributed by atoms with E-state index in [1.54, 1.807) is 0 Å². The molecule has 4 heterocycles. The van der Waals surface area contributed by atoms with Gasteiger partial charge in [0.2, 0.25) is 0 Å². The number of aromatic amines is 2. The van der Waals surface area contributed by atoms with Crippen LogP contribution >= 0.6 is 0 Å². The lowest BCUT2D eigenvalue weighted by atomic mass is 9.76. The van der Waals surface area contributed by atoms with Crippen LogP contribution in [0.5, 0.6) is 0 Å². The lowest BCUT2D eigenvalue weighted by Crippen LogP contribution is -2.50. The van der Waals surface area contributed by atoms with Gasteiger partial charge in [-0.15, -0.1) is 0 Å². The molecule has 0 spiro atoms. The summed E-state index contributed by atoms with van der Waals surface area (Å²) in [6.07, 6.45) is 18.2. The molecule has 272 valence electrons. The van der Waals surface area contributed by atoms with Gasteiger partial charge < -0.3 is 25.6 Å². The molecule has 2 aliphatic carbocycles. The number of unbranched alkanes of at least 4 members (excludes halogenated alkanes) is 1. The number of benzene rings is 2. The summed E-state index contributed by atoms with van der Waals surface area (Å²) in [6.45, 7) is 4.52. The van der Waals surface area contributed by atoms with Crippen LogP contribution in [0, 0.1) is 5.92 Å². The Kier molecular flexibility index (Phi) is 10.4. The monoisotopic (exact) mass is 698 g/mol. The molecule has 2 aromatic carbocycles. The van der Waals surface area contributed by atoms with Crippen molar-refractivity contribution >= 4 is 22.1 Å². The molecule has 10 nitrogen and oxygen atoms in total. The summed E-state index contributed by atoms with van der Waals surface area (Å²) in [5.41, 5.74) is 16.7. The molecule has 1 aliphatic heterocycles. The molecule has 0 bridgehead atoms. The Morgan fingerprint density at radius 2 is 1.62 bits per heavy atom. The molecule has 0 radical (unpaired) electrons. The number of para-hydroxylation sites is 4. The van der Waals surface area contributed by atoms with Crippen LogP contribution in [0.25, 0.3) is 22.1 Å². The Bertz CT molecular complexity index is 1960. The van der Waals surface area contributed by atoms with Gasteiger partial charge in [0.05, 0.1) is 59.1 Å². The number of aryl methyl sites for hydroxylation is 1. The van der Waals surface area contributed by atoms with Crippen molar-refractivity contribution in [1.82, 2.24) is 39.7 Å². The zero-order chi connectivity index (χ0) is 35.4. The third-order valence-corrected chi connectivity index (χ3v) is 11.6. The highest BCUT2D eigenvalue weighted by molar-refractivity contribution is 5.75. The summed E-state index contributed by atoms with van der Waals surface area (Å²) in [5, 5.41) is 1.97.